The van der Waals surface area contributed by atoms with E-state index in [0.29, 0.717) is 17.4 Å². The zero-order valence-electron chi connectivity index (χ0n) is 55.8. The van der Waals surface area contributed by atoms with Crippen LogP contribution < -0.4 is 5.11 Å². The van der Waals surface area contributed by atoms with Gasteiger partial charge in [-0.25, -0.2) is 0 Å². The lowest BCUT2D eigenvalue weighted by molar-refractivity contribution is -0.870. The number of unbranched alkanes of at least 4 members (excludes halogenated alkanes) is 18. The number of nitrogens with zero attached hydrogens (tertiary/aromatic N) is 1. The van der Waals surface area contributed by atoms with Gasteiger partial charge in [-0.3, -0.25) is 9.59 Å². The van der Waals surface area contributed by atoms with Gasteiger partial charge in [0.05, 0.1) is 40.3 Å². The summed E-state index contributed by atoms with van der Waals surface area (Å²) in [6, 6.07) is 0. The van der Waals surface area contributed by atoms with Gasteiger partial charge in [-0.2, -0.15) is 0 Å². The number of carbonyl (C=O) groups excluding carboxylic acids is 3. The van der Waals surface area contributed by atoms with Crippen molar-refractivity contribution in [1.82, 2.24) is 0 Å². The van der Waals surface area contributed by atoms with Gasteiger partial charge < -0.3 is 33.3 Å². The second-order valence-electron chi connectivity index (χ2n) is 23.3. The first-order chi connectivity index (χ1) is 42.6. The summed E-state index contributed by atoms with van der Waals surface area (Å²) in [5.41, 5.74) is 0. The van der Waals surface area contributed by atoms with Crippen molar-refractivity contribution >= 4 is 17.9 Å². The fraction of sp³-hybridized carbons (Fsp3) is 0.603. The number of aliphatic carboxylic acids is 1. The van der Waals surface area contributed by atoms with E-state index >= 15 is 0 Å². The van der Waals surface area contributed by atoms with E-state index in [2.05, 4.69) is 184 Å². The number of ether oxygens (including phenoxy) is 4. The summed E-state index contributed by atoms with van der Waals surface area (Å²) in [7, 11) is 5.91. The van der Waals surface area contributed by atoms with E-state index < -0.39 is 24.3 Å². The molecule has 0 aliphatic rings. The van der Waals surface area contributed by atoms with Gasteiger partial charge in [0.25, 0.3) is 0 Å². The van der Waals surface area contributed by atoms with Crippen LogP contribution in [0, 0.1) is 0 Å². The van der Waals surface area contributed by atoms with Crippen LogP contribution in [0.5, 0.6) is 0 Å². The van der Waals surface area contributed by atoms with Crippen LogP contribution >= 0.6 is 0 Å². The standard InChI is InChI=1S/C78H125NO8/c1-6-8-10-12-14-16-18-20-22-24-26-28-30-32-34-36-38-40-42-44-46-48-50-52-54-56-58-60-62-64-66-68-75(80)85-72-74(73-86-78(77(82)83)84-71-70-79(3,4)5)87-76(81)69-67-65-63-61-59-57-55-53-51-49-47-45-43-41-39-37-35-33-31-29-27-25-23-21-19-17-15-13-11-9-7-2/h8-11,14-17,20-23,26-29,32-35,39,41,45,47,51,53,57,59,74,78H,6-7,12-13,18-19,24-25,30-31,36-38,40,42-44,46,48-50,52,54-56,58,60-73H2,1-5H3/b10-8-,11-9-,16-14-,17-15-,22-20-,23-21-,28-26-,29-27-,34-32-,35-33-,41-39-,47-45-,53-51-,59-57-. The molecule has 0 aromatic heterocycles. The van der Waals surface area contributed by atoms with Gasteiger partial charge in [0.1, 0.15) is 13.2 Å². The fourth-order valence-corrected chi connectivity index (χ4v) is 8.79. The molecule has 0 bridgehead atoms. The Hall–Kier alpha value is -5.35. The van der Waals surface area contributed by atoms with Gasteiger partial charge in [0, 0.05) is 12.8 Å². The number of likely N-dealkylation sites (N-methyl/N-ethyl adjacent to an activating group) is 1. The normalized spacial score (nSPS) is 13.8. The Morgan fingerprint density at radius 3 is 0.931 bits per heavy atom. The van der Waals surface area contributed by atoms with Crippen LogP contribution in [0.25, 0.3) is 0 Å². The molecule has 0 saturated carbocycles. The maximum atomic E-state index is 12.9. The van der Waals surface area contributed by atoms with Crippen molar-refractivity contribution in [3.05, 3.63) is 170 Å². The lowest BCUT2D eigenvalue weighted by Crippen LogP contribution is -2.44. The van der Waals surface area contributed by atoms with Crippen molar-refractivity contribution in [1.29, 1.82) is 0 Å². The first-order valence-corrected chi connectivity index (χ1v) is 34.3. The number of carboxylic acid groups (broad SMARTS) is 1. The van der Waals surface area contributed by atoms with Crippen molar-refractivity contribution in [2.75, 3.05) is 47.5 Å². The molecular weight excluding hydrogens is 1080 g/mol. The number of hydrogen-bond acceptors (Lipinski definition) is 8. The van der Waals surface area contributed by atoms with E-state index in [1.54, 1.807) is 0 Å². The Morgan fingerprint density at radius 1 is 0.345 bits per heavy atom. The molecule has 0 spiro atoms. The number of quaternary nitrogens is 1. The van der Waals surface area contributed by atoms with E-state index in [1.165, 1.54) is 83.5 Å². The molecule has 2 unspecified atom stereocenters. The summed E-state index contributed by atoms with van der Waals surface area (Å²) >= 11 is 0. The number of esters is 2. The monoisotopic (exact) mass is 1200 g/mol. The molecule has 87 heavy (non-hydrogen) atoms. The molecule has 0 aromatic carbocycles. The predicted molar refractivity (Wildman–Crippen MR) is 370 cm³/mol. The first kappa shape index (κ1) is 81.7. The second kappa shape index (κ2) is 66.6. The molecule has 0 amide bonds. The topological polar surface area (TPSA) is 111 Å². The van der Waals surface area contributed by atoms with Crippen molar-refractivity contribution in [2.45, 2.75) is 257 Å². The Balaban J connectivity index is 4.25. The summed E-state index contributed by atoms with van der Waals surface area (Å²) in [5.74, 6) is -2.34. The van der Waals surface area contributed by atoms with E-state index in [0.717, 1.165) is 128 Å². The highest BCUT2D eigenvalue weighted by Crippen LogP contribution is 2.16. The zero-order chi connectivity index (χ0) is 63.3. The number of carboxylic acids is 1. The summed E-state index contributed by atoms with van der Waals surface area (Å²) in [5, 5.41) is 11.8. The summed E-state index contributed by atoms with van der Waals surface area (Å²) in [6.45, 7) is 4.47. The molecule has 0 rings (SSSR count). The summed E-state index contributed by atoms with van der Waals surface area (Å²) in [6.07, 6.45) is 97.1. The van der Waals surface area contributed by atoms with E-state index in [1.807, 2.05) is 21.1 Å². The Morgan fingerprint density at radius 2 is 0.621 bits per heavy atom. The average Bonchev–Trinajstić information content (AvgIpc) is 3.56. The molecule has 0 saturated heterocycles. The van der Waals surface area contributed by atoms with Crippen LogP contribution in [0.3, 0.4) is 0 Å². The van der Waals surface area contributed by atoms with Gasteiger partial charge in [-0.15, -0.1) is 0 Å². The zero-order valence-corrected chi connectivity index (χ0v) is 55.8. The van der Waals surface area contributed by atoms with Gasteiger partial charge >= 0.3 is 11.9 Å². The minimum absolute atomic E-state index is 0.132. The molecule has 9 nitrogen and oxygen atoms in total. The van der Waals surface area contributed by atoms with Crippen LogP contribution in [0.4, 0.5) is 0 Å². The van der Waals surface area contributed by atoms with Crippen LogP contribution in [0.15, 0.2) is 170 Å². The third-order valence-corrected chi connectivity index (χ3v) is 14.0. The Bertz CT molecular complexity index is 2030. The maximum absolute atomic E-state index is 12.9. The van der Waals surface area contributed by atoms with Crippen LogP contribution in [0.2, 0.25) is 0 Å². The van der Waals surface area contributed by atoms with Gasteiger partial charge in [0.15, 0.2) is 12.4 Å². The van der Waals surface area contributed by atoms with E-state index in [4.69, 9.17) is 18.9 Å². The highest BCUT2D eigenvalue weighted by Gasteiger charge is 2.22. The average molecular weight is 1200 g/mol. The van der Waals surface area contributed by atoms with Crippen molar-refractivity contribution in [2.24, 2.45) is 0 Å². The molecule has 0 aromatic rings. The van der Waals surface area contributed by atoms with Crippen LogP contribution in [-0.2, 0) is 33.3 Å². The minimum atomic E-state index is -1.64. The van der Waals surface area contributed by atoms with Gasteiger partial charge in [0.2, 0.25) is 0 Å². The lowest BCUT2D eigenvalue weighted by atomic mass is 10.0. The number of allylic oxidation sites excluding steroid dienone is 28. The molecule has 0 aliphatic heterocycles. The second-order valence-corrected chi connectivity index (χ2v) is 23.3. The third-order valence-electron chi connectivity index (χ3n) is 14.0. The smallest absolute Gasteiger partial charge is 0.306 e. The van der Waals surface area contributed by atoms with Crippen LogP contribution in [-0.4, -0.2) is 82.3 Å². The first-order valence-electron chi connectivity index (χ1n) is 34.3. The van der Waals surface area contributed by atoms with Gasteiger partial charge in [-0.1, -0.05) is 274 Å². The predicted octanol–water partition coefficient (Wildman–Crippen LogP) is 20.1. The number of rotatable bonds is 61. The number of hydrogen-bond donors (Lipinski definition) is 0. The van der Waals surface area contributed by atoms with Crippen LogP contribution in [0.1, 0.15) is 245 Å². The molecule has 0 fully saturated rings. The quantitative estimate of drug-likeness (QED) is 0.0195. The maximum Gasteiger partial charge on any atom is 0.306 e. The fourth-order valence-electron chi connectivity index (χ4n) is 8.79. The van der Waals surface area contributed by atoms with E-state index in [-0.39, 0.29) is 38.6 Å². The highest BCUT2D eigenvalue weighted by molar-refractivity contribution is 5.70. The molecule has 0 radical (unpaired) electrons. The largest absolute Gasteiger partial charge is 0.545 e. The van der Waals surface area contributed by atoms with Crippen molar-refractivity contribution in [3.63, 3.8) is 0 Å². The molecule has 490 valence electrons. The molecule has 0 heterocycles. The Labute approximate surface area is 533 Å². The number of carbonyl (C=O) groups is 3. The highest BCUT2D eigenvalue weighted by atomic mass is 16.7. The SMILES string of the molecule is CC/C=C\C/C=C\C/C=C\C/C=C\C/C=C\C/C=C\C/C=C\C/C=C\C/C=C\CCCCCC(=O)OC(COC(=O)CCCCCCCCCCCCCCCCC/C=C\C/C=C\C/C=C\C/C=C\C/C=C\CC)COC(OCC[N+](C)(C)C)C(=O)[O-]. The molecule has 0 aliphatic carbocycles. The lowest BCUT2D eigenvalue weighted by Gasteiger charge is -2.26. The summed E-state index contributed by atoms with van der Waals surface area (Å²) < 4.78 is 22.7. The molecular formula is C78H125NO8. The summed E-state index contributed by atoms with van der Waals surface area (Å²) in [4.78, 5) is 37.5. The van der Waals surface area contributed by atoms with Crippen molar-refractivity contribution in [3.8, 4) is 0 Å². The molecule has 0 N–H and O–H groups in total. The minimum Gasteiger partial charge on any atom is -0.545 e. The third kappa shape index (κ3) is 68.0. The van der Waals surface area contributed by atoms with Gasteiger partial charge in [-0.05, 0) is 128 Å². The van der Waals surface area contributed by atoms with Crippen molar-refractivity contribution < 1.29 is 42.9 Å². The van der Waals surface area contributed by atoms with E-state index in [9.17, 15) is 19.5 Å². The molecule has 2 atom stereocenters. The molecule has 9 heteroatoms. The Kier molecular flexibility index (Phi) is 62.5.